The minimum atomic E-state index is -0.364. The summed E-state index contributed by atoms with van der Waals surface area (Å²) in [5.41, 5.74) is 2.89. The van der Waals surface area contributed by atoms with Gasteiger partial charge in [0.15, 0.2) is 0 Å². The summed E-state index contributed by atoms with van der Waals surface area (Å²) < 4.78 is 33.7. The Balaban J connectivity index is 1.48. The van der Waals surface area contributed by atoms with Crippen LogP contribution in [-0.2, 0) is 27.2 Å². The van der Waals surface area contributed by atoms with Gasteiger partial charge in [0.2, 0.25) is 0 Å². The van der Waals surface area contributed by atoms with Gasteiger partial charge in [-0.05, 0) is 41.8 Å². The van der Waals surface area contributed by atoms with Crippen molar-refractivity contribution < 1.29 is 18.6 Å². The summed E-state index contributed by atoms with van der Waals surface area (Å²) in [4.78, 5) is 4.38. The van der Waals surface area contributed by atoms with Gasteiger partial charge in [-0.25, -0.2) is 9.37 Å². The van der Waals surface area contributed by atoms with Gasteiger partial charge in [-0.3, -0.25) is 0 Å². The van der Waals surface area contributed by atoms with Gasteiger partial charge in [-0.2, -0.15) is 0 Å². The summed E-state index contributed by atoms with van der Waals surface area (Å²) in [6, 6.07) is 14.7. The van der Waals surface area contributed by atoms with Crippen LogP contribution in [0.5, 0.6) is 0 Å². The first-order valence-corrected chi connectivity index (χ1v) is 10.3. The van der Waals surface area contributed by atoms with Crippen LogP contribution in [0, 0.1) is 5.82 Å². The number of ether oxygens (including phenoxy) is 3. The predicted octanol–water partition coefficient (Wildman–Crippen LogP) is 4.64. The lowest BCUT2D eigenvalue weighted by molar-refractivity contribution is -0.175. The van der Waals surface area contributed by atoms with Gasteiger partial charge in [0.05, 0.1) is 19.3 Å². The van der Waals surface area contributed by atoms with E-state index < -0.39 is 0 Å². The molecule has 0 bridgehead atoms. The third-order valence-corrected chi connectivity index (χ3v) is 5.54. The Hall–Kier alpha value is -2.54. The van der Waals surface area contributed by atoms with Crippen molar-refractivity contribution in [1.29, 1.82) is 0 Å². The third kappa shape index (κ3) is 4.46. The molecule has 3 atom stereocenters. The first kappa shape index (κ1) is 20.7. The zero-order valence-electron chi connectivity index (χ0n) is 17.3. The monoisotopic (exact) mass is 410 g/mol. The molecule has 6 heteroatoms. The highest BCUT2D eigenvalue weighted by molar-refractivity contribution is 5.36. The lowest BCUT2D eigenvalue weighted by Gasteiger charge is -2.37. The van der Waals surface area contributed by atoms with Crippen molar-refractivity contribution in [3.63, 3.8) is 0 Å². The fourth-order valence-corrected chi connectivity index (χ4v) is 3.96. The van der Waals surface area contributed by atoms with E-state index in [1.807, 2.05) is 18.5 Å². The highest BCUT2D eigenvalue weighted by atomic mass is 19.1. The molecular weight excluding hydrogens is 383 g/mol. The predicted molar refractivity (Wildman–Crippen MR) is 112 cm³/mol. The van der Waals surface area contributed by atoms with E-state index >= 15 is 0 Å². The van der Waals surface area contributed by atoms with Crippen molar-refractivity contribution in [2.24, 2.45) is 0 Å². The highest BCUT2D eigenvalue weighted by Crippen LogP contribution is 2.33. The van der Waals surface area contributed by atoms with Crippen LogP contribution in [0.4, 0.5) is 4.39 Å². The molecule has 0 aliphatic carbocycles. The van der Waals surface area contributed by atoms with Crippen LogP contribution >= 0.6 is 0 Å². The van der Waals surface area contributed by atoms with E-state index in [0.29, 0.717) is 13.2 Å². The lowest BCUT2D eigenvalue weighted by atomic mass is 9.95. The molecule has 1 saturated heterocycles. The molecule has 158 valence electrons. The summed E-state index contributed by atoms with van der Waals surface area (Å²) in [6.07, 6.45) is 4.62. The van der Waals surface area contributed by atoms with Crippen LogP contribution in [-0.4, -0.2) is 35.5 Å². The minimum Gasteiger partial charge on any atom is -0.379 e. The number of rotatable bonds is 7. The molecule has 5 nitrogen and oxygen atoms in total. The summed E-state index contributed by atoms with van der Waals surface area (Å²) >= 11 is 0. The number of aryl methyl sites for hydroxylation is 1. The molecule has 2 heterocycles. The molecule has 1 aliphatic heterocycles. The smallest absolute Gasteiger partial charge is 0.123 e. The van der Waals surface area contributed by atoms with Crippen LogP contribution < -0.4 is 0 Å². The van der Waals surface area contributed by atoms with E-state index in [9.17, 15) is 4.39 Å². The largest absolute Gasteiger partial charge is 0.379 e. The minimum absolute atomic E-state index is 0.107. The SMILES string of the molecule is CCc1nccn1-c1ccc(COC2C(OC)CCOC2c2cccc(F)c2)cc1. The molecule has 0 spiro atoms. The van der Waals surface area contributed by atoms with Gasteiger partial charge in [0, 0.05) is 31.6 Å². The maximum Gasteiger partial charge on any atom is 0.123 e. The molecule has 1 aliphatic rings. The fourth-order valence-electron chi connectivity index (χ4n) is 3.96. The number of benzene rings is 2. The van der Waals surface area contributed by atoms with Crippen molar-refractivity contribution >= 4 is 0 Å². The molecule has 1 fully saturated rings. The van der Waals surface area contributed by atoms with Crippen molar-refractivity contribution in [2.45, 2.75) is 44.7 Å². The third-order valence-electron chi connectivity index (χ3n) is 5.54. The average Bonchev–Trinajstić information content (AvgIpc) is 3.26. The molecule has 0 amide bonds. The molecule has 4 rings (SSSR count). The topological polar surface area (TPSA) is 45.5 Å². The maximum atomic E-state index is 13.8. The van der Waals surface area contributed by atoms with Gasteiger partial charge < -0.3 is 18.8 Å². The molecule has 0 saturated carbocycles. The molecule has 1 aromatic heterocycles. The zero-order chi connectivity index (χ0) is 20.9. The van der Waals surface area contributed by atoms with Crippen molar-refractivity contribution in [3.05, 3.63) is 83.7 Å². The first-order chi connectivity index (χ1) is 14.7. The first-order valence-electron chi connectivity index (χ1n) is 10.3. The summed E-state index contributed by atoms with van der Waals surface area (Å²) in [6.45, 7) is 3.07. The number of nitrogens with zero attached hydrogens (tertiary/aromatic N) is 2. The summed E-state index contributed by atoms with van der Waals surface area (Å²) in [5.74, 6) is 0.746. The Labute approximate surface area is 176 Å². The van der Waals surface area contributed by atoms with Gasteiger partial charge >= 0.3 is 0 Å². The van der Waals surface area contributed by atoms with E-state index in [0.717, 1.165) is 35.5 Å². The average molecular weight is 410 g/mol. The molecule has 3 aromatic rings. The normalized spacial score (nSPS) is 21.6. The van der Waals surface area contributed by atoms with Crippen LogP contribution in [0.3, 0.4) is 0 Å². The quantitative estimate of drug-likeness (QED) is 0.569. The molecular formula is C24H27FN2O3. The van der Waals surface area contributed by atoms with E-state index in [1.54, 1.807) is 13.2 Å². The molecule has 0 N–H and O–H groups in total. The van der Waals surface area contributed by atoms with E-state index in [1.165, 1.54) is 12.1 Å². The number of hydrogen-bond donors (Lipinski definition) is 0. The van der Waals surface area contributed by atoms with Gasteiger partial charge in [0.25, 0.3) is 0 Å². The molecule has 30 heavy (non-hydrogen) atoms. The Morgan fingerprint density at radius 2 is 2.03 bits per heavy atom. The lowest BCUT2D eigenvalue weighted by Crippen LogP contribution is -2.42. The van der Waals surface area contributed by atoms with Crippen LogP contribution in [0.25, 0.3) is 5.69 Å². The van der Waals surface area contributed by atoms with Crippen molar-refractivity contribution in [1.82, 2.24) is 9.55 Å². The Morgan fingerprint density at radius 3 is 2.77 bits per heavy atom. The summed E-state index contributed by atoms with van der Waals surface area (Å²) in [7, 11) is 1.68. The van der Waals surface area contributed by atoms with Crippen LogP contribution in [0.2, 0.25) is 0 Å². The number of imidazole rings is 1. The number of aromatic nitrogens is 2. The Bertz CT molecular complexity index is 957. The molecule has 0 radical (unpaired) electrons. The van der Waals surface area contributed by atoms with E-state index in [4.69, 9.17) is 14.2 Å². The second kappa shape index (κ2) is 9.51. The van der Waals surface area contributed by atoms with Crippen molar-refractivity contribution in [3.8, 4) is 5.69 Å². The van der Waals surface area contributed by atoms with Crippen LogP contribution in [0.1, 0.15) is 36.4 Å². The molecule has 2 aromatic carbocycles. The van der Waals surface area contributed by atoms with E-state index in [2.05, 4.69) is 40.7 Å². The number of hydrogen-bond acceptors (Lipinski definition) is 4. The van der Waals surface area contributed by atoms with Gasteiger partial charge in [-0.1, -0.05) is 31.2 Å². The maximum absolute atomic E-state index is 13.8. The second-order valence-electron chi connectivity index (χ2n) is 7.42. The van der Waals surface area contributed by atoms with E-state index in [-0.39, 0.29) is 24.1 Å². The second-order valence-corrected chi connectivity index (χ2v) is 7.42. The van der Waals surface area contributed by atoms with Gasteiger partial charge in [-0.15, -0.1) is 0 Å². The number of halogens is 1. The Morgan fingerprint density at radius 1 is 1.20 bits per heavy atom. The molecule has 3 unspecified atom stereocenters. The standard InChI is InChI=1S/C24H27FN2O3/c1-3-22-26-12-13-27(22)20-9-7-17(8-10-20)16-30-24-21(28-2)11-14-29-23(24)18-5-4-6-19(25)15-18/h4-10,12-13,15,21,23-24H,3,11,14,16H2,1-2H3. The van der Waals surface area contributed by atoms with Gasteiger partial charge in [0.1, 0.15) is 23.8 Å². The number of methoxy groups -OCH3 is 1. The van der Waals surface area contributed by atoms with Crippen molar-refractivity contribution in [2.75, 3.05) is 13.7 Å². The highest BCUT2D eigenvalue weighted by Gasteiger charge is 2.36. The summed E-state index contributed by atoms with van der Waals surface area (Å²) in [5, 5.41) is 0. The zero-order valence-corrected chi connectivity index (χ0v) is 17.3. The fraction of sp³-hybridized carbons (Fsp3) is 0.375. The van der Waals surface area contributed by atoms with Crippen LogP contribution in [0.15, 0.2) is 60.9 Å². The Kier molecular flexibility index (Phi) is 6.57.